The normalized spacial score (nSPS) is 15.4. The summed E-state index contributed by atoms with van der Waals surface area (Å²) in [5, 5.41) is 16.7. The molecule has 6 rings (SSSR count). The number of piperazine rings is 1. The molecule has 0 unspecified atom stereocenters. The predicted molar refractivity (Wildman–Crippen MR) is 172 cm³/mol. The number of halogens is 5. The third-order valence-corrected chi connectivity index (χ3v) is 8.68. The second-order valence-corrected chi connectivity index (χ2v) is 11.9. The molecule has 258 valence electrons. The van der Waals surface area contributed by atoms with Gasteiger partial charge in [0.1, 0.15) is 17.9 Å². The number of anilines is 2. The van der Waals surface area contributed by atoms with E-state index in [1.54, 1.807) is 11.8 Å². The molecule has 0 aromatic carbocycles. The quantitative estimate of drug-likeness (QED) is 0.270. The fourth-order valence-electron chi connectivity index (χ4n) is 5.68. The van der Waals surface area contributed by atoms with E-state index in [-0.39, 0.29) is 66.3 Å². The van der Waals surface area contributed by atoms with Crippen LogP contribution in [0.15, 0.2) is 35.3 Å². The molecule has 4 aromatic rings. The number of aromatic nitrogens is 6. The monoisotopic (exact) mass is 721 g/mol. The summed E-state index contributed by atoms with van der Waals surface area (Å²) in [4.78, 5) is 55.9. The molecule has 0 bridgehead atoms. The number of carbonyl (C=O) groups is 2. The van der Waals surface area contributed by atoms with Crippen LogP contribution in [0.5, 0.6) is 5.75 Å². The van der Waals surface area contributed by atoms with Gasteiger partial charge < -0.3 is 29.5 Å². The molecule has 2 aliphatic rings. The van der Waals surface area contributed by atoms with Gasteiger partial charge >= 0.3 is 6.18 Å². The first-order chi connectivity index (χ1) is 23.4. The molecule has 1 fully saturated rings. The lowest BCUT2D eigenvalue weighted by atomic mass is 10.1. The maximum atomic E-state index is 14.1. The van der Waals surface area contributed by atoms with Gasteiger partial charge in [-0.05, 0) is 36.6 Å². The fraction of sp³-hybridized carbons (Fsp3) is 0.367. The lowest BCUT2D eigenvalue weighted by Crippen LogP contribution is -2.51. The SMILES string of the molecule is CCc1c(N2CCN(C(=O)c3nccc(Cl)c3O)CC2)c(=O)n2nc(C3=CCOCC3)nc2n1CC(=O)Nc1ccc(C(F)(F)F)nc1Cl. The molecule has 0 radical (unpaired) electrons. The van der Waals surface area contributed by atoms with Gasteiger partial charge in [0.05, 0.1) is 29.6 Å². The molecule has 6 heterocycles. The highest BCUT2D eigenvalue weighted by Gasteiger charge is 2.34. The summed E-state index contributed by atoms with van der Waals surface area (Å²) >= 11 is 12.0. The molecule has 2 amide bonds. The van der Waals surface area contributed by atoms with Gasteiger partial charge in [0.2, 0.25) is 11.7 Å². The summed E-state index contributed by atoms with van der Waals surface area (Å²) in [7, 11) is 0. The minimum atomic E-state index is -4.72. The van der Waals surface area contributed by atoms with E-state index in [1.807, 2.05) is 6.08 Å². The summed E-state index contributed by atoms with van der Waals surface area (Å²) in [6.07, 6.45) is -0.819. The van der Waals surface area contributed by atoms with Crippen molar-refractivity contribution in [3.05, 3.63) is 73.9 Å². The standard InChI is InChI=1S/C30H28Cl2F3N9O5/c1-2-19-23(41-9-11-42(12-10-41)27(47)22-24(46)17(31)5-8-36-22)28(48)44-29(39-26(40-44)16-6-13-49-14-7-16)43(19)15-21(45)37-18-3-4-20(30(33,34)35)38-25(18)32/h3-6,8,46H,2,7,9-15H2,1H3,(H,37,45). The van der Waals surface area contributed by atoms with Crippen LogP contribution >= 0.6 is 23.2 Å². The molecule has 4 aromatic heterocycles. The van der Waals surface area contributed by atoms with E-state index in [1.165, 1.54) is 21.7 Å². The Balaban J connectivity index is 1.35. The Kier molecular flexibility index (Phi) is 9.50. The molecule has 19 heteroatoms. The van der Waals surface area contributed by atoms with Crippen LogP contribution in [0.4, 0.5) is 24.5 Å². The molecule has 1 saturated heterocycles. The van der Waals surface area contributed by atoms with Gasteiger partial charge in [0.15, 0.2) is 22.4 Å². The highest BCUT2D eigenvalue weighted by Crippen LogP contribution is 2.31. The Morgan fingerprint density at radius 2 is 1.86 bits per heavy atom. The van der Waals surface area contributed by atoms with Gasteiger partial charge in [-0.1, -0.05) is 36.2 Å². The number of pyridine rings is 2. The van der Waals surface area contributed by atoms with Crippen molar-refractivity contribution in [1.29, 1.82) is 0 Å². The summed E-state index contributed by atoms with van der Waals surface area (Å²) in [6, 6.07) is 3.08. The molecular weight excluding hydrogens is 694 g/mol. The number of ether oxygens (including phenoxy) is 1. The summed E-state index contributed by atoms with van der Waals surface area (Å²) in [6.45, 7) is 2.93. The molecule has 0 spiro atoms. The number of rotatable bonds is 7. The number of aromatic hydroxyl groups is 1. The topological polar surface area (TPSA) is 160 Å². The van der Waals surface area contributed by atoms with Crippen LogP contribution in [0, 0.1) is 0 Å². The first kappa shape index (κ1) is 34.1. The Hall–Kier alpha value is -4.74. The van der Waals surface area contributed by atoms with Crippen molar-refractivity contribution >= 4 is 57.7 Å². The molecule has 2 aliphatic heterocycles. The second-order valence-electron chi connectivity index (χ2n) is 11.1. The van der Waals surface area contributed by atoms with Crippen molar-refractivity contribution in [1.82, 2.24) is 34.0 Å². The number of hydrogen-bond donors (Lipinski definition) is 2. The van der Waals surface area contributed by atoms with Crippen LogP contribution in [0.25, 0.3) is 11.4 Å². The maximum Gasteiger partial charge on any atom is 0.433 e. The number of carbonyl (C=O) groups excluding carboxylic acids is 2. The summed E-state index contributed by atoms with van der Waals surface area (Å²) < 4.78 is 47.4. The van der Waals surface area contributed by atoms with Crippen LogP contribution in [0.2, 0.25) is 10.2 Å². The smallest absolute Gasteiger partial charge is 0.433 e. The molecule has 2 N–H and O–H groups in total. The minimum absolute atomic E-state index is 0.0111. The first-order valence-electron chi connectivity index (χ1n) is 15.1. The molecule has 0 saturated carbocycles. The molecule has 0 atom stereocenters. The highest BCUT2D eigenvalue weighted by atomic mass is 35.5. The van der Waals surface area contributed by atoms with Crippen molar-refractivity contribution in [2.75, 3.05) is 49.6 Å². The highest BCUT2D eigenvalue weighted by molar-refractivity contribution is 6.32. The molecule has 49 heavy (non-hydrogen) atoms. The van der Waals surface area contributed by atoms with E-state index in [4.69, 9.17) is 27.9 Å². The number of amides is 2. The minimum Gasteiger partial charge on any atom is -0.504 e. The lowest BCUT2D eigenvalue weighted by molar-refractivity contribution is -0.141. The first-order valence-corrected chi connectivity index (χ1v) is 15.8. The number of nitrogens with zero attached hydrogens (tertiary/aromatic N) is 8. The van der Waals surface area contributed by atoms with Gasteiger partial charge in [-0.3, -0.25) is 14.4 Å². The van der Waals surface area contributed by atoms with Crippen LogP contribution in [-0.4, -0.2) is 90.3 Å². The van der Waals surface area contributed by atoms with Gasteiger partial charge in [-0.15, -0.1) is 5.10 Å². The number of alkyl halides is 3. The Labute approximate surface area is 285 Å². The van der Waals surface area contributed by atoms with Crippen LogP contribution in [0.3, 0.4) is 0 Å². The average Bonchev–Trinajstić information content (AvgIpc) is 3.54. The fourth-order valence-corrected chi connectivity index (χ4v) is 6.03. The maximum absolute atomic E-state index is 14.1. The van der Waals surface area contributed by atoms with Crippen molar-refractivity contribution in [2.24, 2.45) is 0 Å². The number of hydrogen-bond acceptors (Lipinski definition) is 10. The zero-order valence-electron chi connectivity index (χ0n) is 25.8. The largest absolute Gasteiger partial charge is 0.504 e. The van der Waals surface area contributed by atoms with E-state index in [9.17, 15) is 32.7 Å². The predicted octanol–water partition coefficient (Wildman–Crippen LogP) is 3.68. The Morgan fingerprint density at radius 1 is 1.10 bits per heavy atom. The van der Waals surface area contributed by atoms with Crippen molar-refractivity contribution in [3.63, 3.8) is 0 Å². The van der Waals surface area contributed by atoms with E-state index < -0.39 is 46.7 Å². The summed E-state index contributed by atoms with van der Waals surface area (Å²) in [5.41, 5.74) is -0.576. The van der Waals surface area contributed by atoms with Crippen LogP contribution < -0.4 is 15.8 Å². The van der Waals surface area contributed by atoms with E-state index in [0.29, 0.717) is 31.4 Å². The van der Waals surface area contributed by atoms with Crippen LogP contribution in [0.1, 0.15) is 41.0 Å². The van der Waals surface area contributed by atoms with Crippen LogP contribution in [-0.2, 0) is 28.7 Å². The van der Waals surface area contributed by atoms with Gasteiger partial charge in [0.25, 0.3) is 11.5 Å². The van der Waals surface area contributed by atoms with E-state index in [0.717, 1.165) is 16.2 Å². The third-order valence-electron chi connectivity index (χ3n) is 8.09. The van der Waals surface area contributed by atoms with Gasteiger partial charge in [-0.25, -0.2) is 9.97 Å². The summed E-state index contributed by atoms with van der Waals surface area (Å²) in [5.74, 6) is -1.26. The average molecular weight is 723 g/mol. The molecule has 14 nitrogen and oxygen atoms in total. The van der Waals surface area contributed by atoms with E-state index >= 15 is 0 Å². The second kappa shape index (κ2) is 13.6. The Morgan fingerprint density at radius 3 is 2.51 bits per heavy atom. The van der Waals surface area contributed by atoms with E-state index in [2.05, 4.69) is 25.4 Å². The van der Waals surface area contributed by atoms with Gasteiger partial charge in [0, 0.05) is 32.4 Å². The van der Waals surface area contributed by atoms with Gasteiger partial charge in [-0.2, -0.15) is 22.7 Å². The van der Waals surface area contributed by atoms with Crippen molar-refractivity contribution in [3.8, 4) is 5.75 Å². The number of fused-ring (bicyclic) bond motifs is 1. The number of nitrogens with one attached hydrogen (secondary N) is 1. The molecular formula is C30H28Cl2F3N9O5. The van der Waals surface area contributed by atoms with Crippen molar-refractivity contribution < 1.29 is 32.6 Å². The lowest BCUT2D eigenvalue weighted by Gasteiger charge is -2.36. The third kappa shape index (κ3) is 6.78. The molecule has 0 aliphatic carbocycles. The van der Waals surface area contributed by atoms with Crippen molar-refractivity contribution in [2.45, 2.75) is 32.5 Å². The zero-order valence-corrected chi connectivity index (χ0v) is 27.3. The Bertz CT molecular complexity index is 2040. The zero-order chi connectivity index (χ0) is 35.0.